The van der Waals surface area contributed by atoms with Crippen molar-refractivity contribution in [1.82, 2.24) is 4.31 Å². The highest BCUT2D eigenvalue weighted by molar-refractivity contribution is 7.92. The largest absolute Gasteiger partial charge is 0.495 e. The number of methoxy groups -OCH3 is 1. The van der Waals surface area contributed by atoms with E-state index in [1.54, 1.807) is 24.3 Å². The lowest BCUT2D eigenvalue weighted by Gasteiger charge is -2.26. The summed E-state index contributed by atoms with van der Waals surface area (Å²) in [6, 6.07) is 10.9. The first kappa shape index (κ1) is 22.6. The Kier molecular flexibility index (Phi) is 6.74. The van der Waals surface area contributed by atoms with Crippen LogP contribution < -0.4 is 9.46 Å². The summed E-state index contributed by atoms with van der Waals surface area (Å²) in [4.78, 5) is 0.135. The van der Waals surface area contributed by atoms with E-state index in [2.05, 4.69) is 4.72 Å². The minimum Gasteiger partial charge on any atom is -0.495 e. The molecule has 1 aliphatic heterocycles. The van der Waals surface area contributed by atoms with Gasteiger partial charge in [0.2, 0.25) is 10.0 Å². The number of hydrogen-bond acceptors (Lipinski definition) is 5. The van der Waals surface area contributed by atoms with Crippen molar-refractivity contribution in [3.63, 3.8) is 0 Å². The van der Waals surface area contributed by atoms with Gasteiger partial charge >= 0.3 is 0 Å². The lowest BCUT2D eigenvalue weighted by Crippen LogP contribution is -2.35. The van der Waals surface area contributed by atoms with Crippen LogP contribution in [0.4, 0.5) is 5.69 Å². The maximum absolute atomic E-state index is 13.0. The first-order chi connectivity index (χ1) is 14.1. The van der Waals surface area contributed by atoms with Crippen LogP contribution in [0.2, 0.25) is 0 Å². The second-order valence-corrected chi connectivity index (χ2v) is 11.3. The summed E-state index contributed by atoms with van der Waals surface area (Å²) in [5.41, 5.74) is 1.12. The summed E-state index contributed by atoms with van der Waals surface area (Å²) < 4.78 is 60.9. The smallest absolute Gasteiger partial charge is 0.262 e. The molecule has 0 spiro atoms. The van der Waals surface area contributed by atoms with Crippen molar-refractivity contribution >= 4 is 25.7 Å². The van der Waals surface area contributed by atoms with Crippen LogP contribution in [-0.4, -0.2) is 41.3 Å². The average Bonchev–Trinajstić information content (AvgIpc) is 2.74. The van der Waals surface area contributed by atoms with Gasteiger partial charge in [0.1, 0.15) is 5.75 Å². The monoisotopic (exact) mass is 452 g/mol. The number of rotatable bonds is 7. The molecule has 0 aromatic heterocycles. The van der Waals surface area contributed by atoms with Gasteiger partial charge in [0.05, 0.1) is 22.6 Å². The van der Waals surface area contributed by atoms with Gasteiger partial charge < -0.3 is 4.74 Å². The van der Waals surface area contributed by atoms with Gasteiger partial charge in [0.15, 0.2) is 0 Å². The molecule has 1 fully saturated rings. The maximum Gasteiger partial charge on any atom is 0.262 e. The number of benzene rings is 2. The van der Waals surface area contributed by atoms with Crippen LogP contribution in [0.25, 0.3) is 0 Å². The van der Waals surface area contributed by atoms with E-state index in [1.165, 1.54) is 29.6 Å². The van der Waals surface area contributed by atoms with Crippen molar-refractivity contribution in [2.75, 3.05) is 24.9 Å². The van der Waals surface area contributed by atoms with E-state index in [1.807, 2.05) is 13.8 Å². The Morgan fingerprint density at radius 2 is 1.50 bits per heavy atom. The number of anilines is 1. The molecule has 7 nitrogen and oxygen atoms in total. The summed E-state index contributed by atoms with van der Waals surface area (Å²) in [6.07, 6.45) is 2.65. The quantitative estimate of drug-likeness (QED) is 0.690. The van der Waals surface area contributed by atoms with Gasteiger partial charge in [-0.15, -0.1) is 0 Å². The highest BCUT2D eigenvalue weighted by Gasteiger charge is 2.27. The second kappa shape index (κ2) is 8.95. The molecule has 2 aromatic rings. The molecule has 0 radical (unpaired) electrons. The predicted molar refractivity (Wildman–Crippen MR) is 117 cm³/mol. The summed E-state index contributed by atoms with van der Waals surface area (Å²) in [5, 5.41) is 0. The number of hydrogen-bond donors (Lipinski definition) is 1. The Morgan fingerprint density at radius 3 is 2.07 bits per heavy atom. The molecule has 164 valence electrons. The van der Waals surface area contributed by atoms with Crippen LogP contribution in [0, 0.1) is 0 Å². The standard InChI is InChI=1S/C21H28N2O5S2/c1-16(2)17-7-9-18(10-8-17)29(24,25)22-20-15-19(11-12-21(20)28-3)30(26,27)23-13-5-4-6-14-23/h7-12,15-16,22H,4-6,13-14H2,1-3H3. The van der Waals surface area contributed by atoms with Crippen LogP contribution in [0.15, 0.2) is 52.3 Å². The van der Waals surface area contributed by atoms with Gasteiger partial charge in [-0.05, 0) is 54.7 Å². The van der Waals surface area contributed by atoms with Gasteiger partial charge in [-0.2, -0.15) is 4.31 Å². The van der Waals surface area contributed by atoms with Gasteiger partial charge in [-0.3, -0.25) is 4.72 Å². The van der Waals surface area contributed by atoms with Crippen molar-refractivity contribution in [2.24, 2.45) is 0 Å². The average molecular weight is 453 g/mol. The van der Waals surface area contributed by atoms with E-state index < -0.39 is 20.0 Å². The Labute approximate surface area is 179 Å². The minimum atomic E-state index is -3.91. The molecule has 3 rings (SSSR count). The third-order valence-corrected chi connectivity index (χ3v) is 8.50. The molecule has 0 amide bonds. The highest BCUT2D eigenvalue weighted by atomic mass is 32.2. The van der Waals surface area contributed by atoms with Crippen LogP contribution in [-0.2, 0) is 20.0 Å². The molecule has 1 saturated heterocycles. The molecule has 9 heteroatoms. The minimum absolute atomic E-state index is 0.0399. The van der Waals surface area contributed by atoms with Crippen molar-refractivity contribution < 1.29 is 21.6 Å². The molecular formula is C21H28N2O5S2. The van der Waals surface area contributed by atoms with E-state index in [0.717, 1.165) is 24.8 Å². The van der Waals surface area contributed by atoms with E-state index in [0.29, 0.717) is 13.1 Å². The Bertz CT molecular complexity index is 1090. The molecule has 0 bridgehead atoms. The van der Waals surface area contributed by atoms with Crippen molar-refractivity contribution in [3.05, 3.63) is 48.0 Å². The first-order valence-electron chi connectivity index (χ1n) is 9.96. The fourth-order valence-electron chi connectivity index (χ4n) is 3.42. The van der Waals surface area contributed by atoms with Gasteiger partial charge in [0.25, 0.3) is 10.0 Å². The maximum atomic E-state index is 13.0. The number of nitrogens with zero attached hydrogens (tertiary/aromatic N) is 1. The number of nitrogens with one attached hydrogen (secondary N) is 1. The molecule has 1 heterocycles. The van der Waals surface area contributed by atoms with E-state index >= 15 is 0 Å². The zero-order valence-electron chi connectivity index (χ0n) is 17.5. The van der Waals surface area contributed by atoms with E-state index in [-0.39, 0.29) is 27.1 Å². The highest BCUT2D eigenvalue weighted by Crippen LogP contribution is 2.31. The summed E-state index contributed by atoms with van der Waals surface area (Å²) in [7, 11) is -6.21. The molecule has 1 N–H and O–H groups in total. The molecule has 1 aliphatic rings. The first-order valence-corrected chi connectivity index (χ1v) is 12.9. The summed E-state index contributed by atoms with van der Waals surface area (Å²) in [6.45, 7) is 5.00. The number of ether oxygens (including phenoxy) is 1. The molecular weight excluding hydrogens is 424 g/mol. The Hall–Kier alpha value is -2.10. The third-order valence-electron chi connectivity index (χ3n) is 5.23. The van der Waals surface area contributed by atoms with Crippen LogP contribution in [0.5, 0.6) is 5.75 Å². The van der Waals surface area contributed by atoms with Crippen LogP contribution >= 0.6 is 0 Å². The van der Waals surface area contributed by atoms with E-state index in [9.17, 15) is 16.8 Å². The fourth-order valence-corrected chi connectivity index (χ4v) is 6.02. The normalized spacial score (nSPS) is 15.9. The SMILES string of the molecule is COc1ccc(S(=O)(=O)N2CCCCC2)cc1NS(=O)(=O)c1ccc(C(C)C)cc1. The molecule has 0 aliphatic carbocycles. The molecule has 0 saturated carbocycles. The van der Waals surface area contributed by atoms with Crippen molar-refractivity contribution in [2.45, 2.75) is 48.8 Å². The van der Waals surface area contributed by atoms with Gasteiger partial charge in [0, 0.05) is 13.1 Å². The van der Waals surface area contributed by atoms with Crippen LogP contribution in [0.3, 0.4) is 0 Å². The summed E-state index contributed by atoms with van der Waals surface area (Å²) in [5.74, 6) is 0.529. The topological polar surface area (TPSA) is 92.8 Å². The molecule has 2 aromatic carbocycles. The third kappa shape index (κ3) is 4.79. The number of sulfonamides is 2. The lowest BCUT2D eigenvalue weighted by molar-refractivity contribution is 0.346. The predicted octanol–water partition coefficient (Wildman–Crippen LogP) is 3.79. The van der Waals surface area contributed by atoms with E-state index in [4.69, 9.17) is 4.74 Å². The Morgan fingerprint density at radius 1 is 0.900 bits per heavy atom. The lowest BCUT2D eigenvalue weighted by atomic mass is 10.0. The number of piperidine rings is 1. The van der Waals surface area contributed by atoms with Crippen molar-refractivity contribution in [1.29, 1.82) is 0 Å². The zero-order valence-corrected chi connectivity index (χ0v) is 19.1. The van der Waals surface area contributed by atoms with Gasteiger partial charge in [-0.25, -0.2) is 16.8 Å². The second-order valence-electron chi connectivity index (χ2n) is 7.66. The van der Waals surface area contributed by atoms with Gasteiger partial charge in [-0.1, -0.05) is 32.4 Å². The molecule has 30 heavy (non-hydrogen) atoms. The van der Waals surface area contributed by atoms with Crippen molar-refractivity contribution in [3.8, 4) is 5.75 Å². The summed E-state index contributed by atoms with van der Waals surface area (Å²) >= 11 is 0. The molecule has 0 unspecified atom stereocenters. The fraction of sp³-hybridized carbons (Fsp3) is 0.429. The zero-order chi connectivity index (χ0) is 21.9. The Balaban J connectivity index is 1.93. The molecule has 0 atom stereocenters. The van der Waals surface area contributed by atoms with Crippen LogP contribution in [0.1, 0.15) is 44.6 Å².